The molecule has 0 spiro atoms. The van der Waals surface area contributed by atoms with Crippen molar-refractivity contribution in [1.82, 2.24) is 24.0 Å². The standard InChI is InChI=1S/C33H41FN6O3/c1-33(19-42-2)13-21(14-33)16-40-29-26(9-23(11-28(29)43-3)32(41)38-17-24(34)12-25(35)18-38)37-31(40)27-10-22-5-4-8-36-30(22)39(27)15-20-6-7-20/h4-5,8-11,20-21,24-25H,6-7,12-19,35H2,1-3H3/t21-,24-,25?,33+/m1/s1. The van der Waals surface area contributed by atoms with Crippen molar-refractivity contribution in [3.05, 3.63) is 42.1 Å². The summed E-state index contributed by atoms with van der Waals surface area (Å²) in [4.78, 5) is 25.1. The average Bonchev–Trinajstić information content (AvgIpc) is 3.62. The molecular formula is C33H41FN6O3. The van der Waals surface area contributed by atoms with E-state index in [2.05, 4.69) is 28.2 Å². The van der Waals surface area contributed by atoms with Crippen molar-refractivity contribution in [2.75, 3.05) is 33.9 Å². The second-order valence-corrected chi connectivity index (χ2v) is 13.4. The zero-order valence-corrected chi connectivity index (χ0v) is 25.3. The van der Waals surface area contributed by atoms with Crippen molar-refractivity contribution in [3.8, 4) is 17.3 Å². The van der Waals surface area contributed by atoms with Crippen LogP contribution in [0.2, 0.25) is 0 Å². The van der Waals surface area contributed by atoms with Crippen LogP contribution >= 0.6 is 0 Å². The summed E-state index contributed by atoms with van der Waals surface area (Å²) >= 11 is 0. The summed E-state index contributed by atoms with van der Waals surface area (Å²) in [6, 6.07) is 9.48. The van der Waals surface area contributed by atoms with E-state index in [4.69, 9.17) is 25.2 Å². The maximum Gasteiger partial charge on any atom is 0.254 e. The number of hydrogen-bond acceptors (Lipinski definition) is 6. The molecule has 0 radical (unpaired) electrons. The molecule has 3 fully saturated rings. The number of pyridine rings is 1. The first-order valence-corrected chi connectivity index (χ1v) is 15.5. The third-order valence-corrected chi connectivity index (χ3v) is 9.51. The van der Waals surface area contributed by atoms with E-state index in [1.165, 1.54) is 17.7 Å². The lowest BCUT2D eigenvalue weighted by Crippen LogP contribution is -2.50. The molecule has 10 heteroatoms. The lowest BCUT2D eigenvalue weighted by atomic mass is 9.63. The highest BCUT2D eigenvalue weighted by atomic mass is 19.1. The van der Waals surface area contributed by atoms with Gasteiger partial charge >= 0.3 is 0 Å². The van der Waals surface area contributed by atoms with Gasteiger partial charge in [-0.05, 0) is 79.7 Å². The van der Waals surface area contributed by atoms with Gasteiger partial charge in [0.05, 0.1) is 31.5 Å². The molecule has 9 nitrogen and oxygen atoms in total. The number of halogens is 1. The van der Waals surface area contributed by atoms with Gasteiger partial charge in [-0.3, -0.25) is 4.79 Å². The van der Waals surface area contributed by atoms with E-state index in [-0.39, 0.29) is 30.3 Å². The van der Waals surface area contributed by atoms with Crippen LogP contribution < -0.4 is 10.5 Å². The molecule has 1 aromatic carbocycles. The minimum absolute atomic E-state index is 0.0444. The number of carbonyl (C=O) groups excluding carboxylic acids is 1. The van der Waals surface area contributed by atoms with Gasteiger partial charge < -0.3 is 29.2 Å². The Morgan fingerprint density at radius 2 is 1.91 bits per heavy atom. The summed E-state index contributed by atoms with van der Waals surface area (Å²) in [5, 5.41) is 1.08. The highest BCUT2D eigenvalue weighted by molar-refractivity contribution is 6.00. The largest absolute Gasteiger partial charge is 0.494 e. The van der Waals surface area contributed by atoms with E-state index < -0.39 is 6.17 Å². The number of alkyl halides is 1. The summed E-state index contributed by atoms with van der Waals surface area (Å²) in [6.07, 6.45) is 5.56. The molecule has 4 heterocycles. The number of ether oxygens (including phenoxy) is 2. The predicted molar refractivity (Wildman–Crippen MR) is 164 cm³/mol. The second-order valence-electron chi connectivity index (χ2n) is 13.4. The zero-order valence-electron chi connectivity index (χ0n) is 25.3. The number of likely N-dealkylation sites (tertiary alicyclic amines) is 1. The van der Waals surface area contributed by atoms with Gasteiger partial charge in [-0.15, -0.1) is 0 Å². The Labute approximate surface area is 251 Å². The zero-order chi connectivity index (χ0) is 29.9. The molecule has 7 rings (SSSR count). The van der Waals surface area contributed by atoms with Crippen molar-refractivity contribution in [1.29, 1.82) is 0 Å². The summed E-state index contributed by atoms with van der Waals surface area (Å²) in [7, 11) is 3.39. The SMILES string of the molecule is COC[C@]1(C)C[C@H](Cn2c(-c3cc4cccnc4n3CC3CC3)nc3cc(C(=O)N4CC(N)C[C@@H](F)C4)cc(OC)c32)C1. The molecule has 2 saturated carbocycles. The van der Waals surface area contributed by atoms with Gasteiger partial charge in [0.1, 0.15) is 23.1 Å². The lowest BCUT2D eigenvalue weighted by Gasteiger charge is -2.45. The Morgan fingerprint density at radius 1 is 1.12 bits per heavy atom. The van der Waals surface area contributed by atoms with Crippen LogP contribution in [-0.4, -0.2) is 76.0 Å². The molecule has 4 aromatic rings. The fourth-order valence-electron chi connectivity index (χ4n) is 7.51. The van der Waals surface area contributed by atoms with Crippen LogP contribution in [-0.2, 0) is 17.8 Å². The topological polar surface area (TPSA) is 100 Å². The Balaban J connectivity index is 1.35. The molecule has 0 bridgehead atoms. The number of amides is 1. The van der Waals surface area contributed by atoms with Gasteiger partial charge in [0.2, 0.25) is 0 Å². The molecule has 3 aliphatic rings. The third kappa shape index (κ3) is 5.29. The minimum atomic E-state index is -1.13. The molecule has 1 amide bonds. The number of nitrogens with zero attached hydrogens (tertiary/aromatic N) is 5. The molecule has 43 heavy (non-hydrogen) atoms. The minimum Gasteiger partial charge on any atom is -0.494 e. The van der Waals surface area contributed by atoms with Crippen LogP contribution in [0.1, 0.15) is 49.4 Å². The predicted octanol–water partition coefficient (Wildman–Crippen LogP) is 5.05. The molecule has 2 aliphatic carbocycles. The summed E-state index contributed by atoms with van der Waals surface area (Å²) in [6.45, 7) is 5.08. The molecule has 3 aromatic heterocycles. The average molecular weight is 589 g/mol. The maximum atomic E-state index is 14.4. The Kier molecular flexibility index (Phi) is 7.16. The molecule has 1 aliphatic heterocycles. The van der Waals surface area contributed by atoms with E-state index in [0.29, 0.717) is 35.2 Å². The number of methoxy groups -OCH3 is 2. The van der Waals surface area contributed by atoms with E-state index in [1.54, 1.807) is 20.3 Å². The summed E-state index contributed by atoms with van der Waals surface area (Å²) in [5.41, 5.74) is 10.2. The number of carbonyl (C=O) groups is 1. The van der Waals surface area contributed by atoms with Crippen molar-refractivity contribution >= 4 is 28.0 Å². The van der Waals surface area contributed by atoms with E-state index in [0.717, 1.165) is 60.6 Å². The van der Waals surface area contributed by atoms with Gasteiger partial charge in [-0.1, -0.05) is 6.92 Å². The fourth-order valence-corrected chi connectivity index (χ4v) is 7.51. The normalized spacial score (nSPS) is 25.8. The van der Waals surface area contributed by atoms with Crippen LogP contribution in [0, 0.1) is 17.3 Å². The maximum absolute atomic E-state index is 14.4. The van der Waals surface area contributed by atoms with Crippen molar-refractivity contribution < 1.29 is 18.7 Å². The number of hydrogen-bond donors (Lipinski definition) is 1. The molecule has 2 atom stereocenters. The van der Waals surface area contributed by atoms with Gasteiger partial charge in [-0.2, -0.15) is 0 Å². The van der Waals surface area contributed by atoms with Gasteiger partial charge in [0.15, 0.2) is 5.82 Å². The van der Waals surface area contributed by atoms with Crippen LogP contribution in [0.15, 0.2) is 36.5 Å². The fraction of sp³-hybridized carbons (Fsp3) is 0.545. The van der Waals surface area contributed by atoms with E-state index in [9.17, 15) is 9.18 Å². The number of piperidine rings is 1. The monoisotopic (exact) mass is 588 g/mol. The summed E-state index contributed by atoms with van der Waals surface area (Å²) < 4.78 is 30.4. The first-order chi connectivity index (χ1) is 20.7. The number of aromatic nitrogens is 4. The third-order valence-electron chi connectivity index (χ3n) is 9.51. The van der Waals surface area contributed by atoms with Gasteiger partial charge in [-0.25, -0.2) is 14.4 Å². The first-order valence-electron chi connectivity index (χ1n) is 15.5. The Morgan fingerprint density at radius 3 is 2.63 bits per heavy atom. The number of imidazole rings is 1. The molecule has 2 N–H and O–H groups in total. The quantitative estimate of drug-likeness (QED) is 0.294. The summed E-state index contributed by atoms with van der Waals surface area (Å²) in [5.74, 6) is 2.28. The van der Waals surface area contributed by atoms with Gasteiger partial charge in [0.25, 0.3) is 5.91 Å². The smallest absolute Gasteiger partial charge is 0.254 e. The van der Waals surface area contributed by atoms with Crippen LogP contribution in [0.3, 0.4) is 0 Å². The Bertz CT molecular complexity index is 1660. The van der Waals surface area contributed by atoms with E-state index in [1.807, 2.05) is 18.3 Å². The first kappa shape index (κ1) is 28.3. The van der Waals surface area contributed by atoms with Crippen LogP contribution in [0.5, 0.6) is 5.75 Å². The molecule has 1 saturated heterocycles. The van der Waals surface area contributed by atoms with Crippen molar-refractivity contribution in [2.45, 2.75) is 64.3 Å². The number of nitrogens with two attached hydrogens (primary N) is 1. The molecule has 1 unspecified atom stereocenters. The Hall–Kier alpha value is -3.50. The number of rotatable bonds is 9. The van der Waals surface area contributed by atoms with Crippen molar-refractivity contribution in [3.63, 3.8) is 0 Å². The van der Waals surface area contributed by atoms with Crippen molar-refractivity contribution in [2.24, 2.45) is 23.0 Å². The molecular weight excluding hydrogens is 547 g/mol. The molecule has 228 valence electrons. The highest BCUT2D eigenvalue weighted by Crippen LogP contribution is 2.47. The van der Waals surface area contributed by atoms with Crippen LogP contribution in [0.25, 0.3) is 33.6 Å². The number of benzene rings is 1. The second kappa shape index (κ2) is 10.9. The lowest BCUT2D eigenvalue weighted by molar-refractivity contribution is -0.0142. The van der Waals surface area contributed by atoms with E-state index >= 15 is 0 Å². The highest BCUT2D eigenvalue weighted by Gasteiger charge is 2.41. The van der Waals surface area contributed by atoms with Gasteiger partial charge in [0, 0.05) is 49.9 Å². The van der Waals surface area contributed by atoms with Crippen LogP contribution in [0.4, 0.5) is 4.39 Å². The number of fused-ring (bicyclic) bond motifs is 2.